The van der Waals surface area contributed by atoms with Crippen LogP contribution < -0.4 is 39.7 Å². The fourth-order valence-electron chi connectivity index (χ4n) is 9.22. The van der Waals surface area contributed by atoms with E-state index in [1.165, 1.54) is 27.7 Å². The van der Waals surface area contributed by atoms with Crippen molar-refractivity contribution in [2.24, 2.45) is 0 Å². The molecule has 2 aromatic carbocycles. The number of halogens is 6. The molecule has 2 fully saturated rings. The number of aromatic nitrogens is 4. The molecule has 6 rings (SSSR count). The summed E-state index contributed by atoms with van der Waals surface area (Å²) >= 11 is 0. The quantitative estimate of drug-likeness (QED) is 0.0489. The number of nitrogens with one attached hydrogen (secondary N) is 2. The minimum Gasteiger partial charge on any atom is -0.480 e. The van der Waals surface area contributed by atoms with Crippen LogP contribution in [0.1, 0.15) is 113 Å². The predicted molar refractivity (Wildman–Crippen MR) is 311 cm³/mol. The molecule has 0 spiro atoms. The molecule has 2 atom stereocenters. The number of esters is 1. The highest BCUT2D eigenvalue weighted by atomic mass is 19.4. The second-order valence-corrected chi connectivity index (χ2v) is 21.8. The number of alkyl halides is 6. The zero-order valence-electron chi connectivity index (χ0n) is 50.3. The number of carbonyl (C=O) groups excluding carboxylic acids is 5. The monoisotopic (exact) mass is 1220 g/mol. The Balaban J connectivity index is 0.000000315. The van der Waals surface area contributed by atoms with Crippen LogP contribution in [0.15, 0.2) is 60.9 Å². The van der Waals surface area contributed by atoms with Gasteiger partial charge in [0.15, 0.2) is 11.6 Å². The fourth-order valence-corrected chi connectivity index (χ4v) is 9.22. The van der Waals surface area contributed by atoms with Crippen molar-refractivity contribution < 1.29 is 74.4 Å². The minimum atomic E-state index is -5.18. The Hall–Kier alpha value is -8.20. The number of carboxylic acids is 1. The third-order valence-electron chi connectivity index (χ3n) is 13.6. The molecule has 0 saturated carbocycles. The lowest BCUT2D eigenvalue weighted by atomic mass is 10.0. The number of carboxylic acid groups (broad SMARTS) is 1. The third-order valence-corrected chi connectivity index (χ3v) is 13.6. The highest BCUT2D eigenvalue weighted by Crippen LogP contribution is 2.35. The molecule has 2 aliphatic rings. The largest absolute Gasteiger partial charge is 0.480 e. The number of rotatable bonds is 22. The first-order valence-electron chi connectivity index (χ1n) is 28.5. The van der Waals surface area contributed by atoms with Crippen LogP contribution in [-0.4, -0.2) is 165 Å². The van der Waals surface area contributed by atoms with Crippen molar-refractivity contribution in [3.05, 3.63) is 72.1 Å². The topological polar surface area (TPSA) is 245 Å². The van der Waals surface area contributed by atoms with E-state index in [1.54, 1.807) is 88.9 Å². The van der Waals surface area contributed by atoms with Crippen LogP contribution in [0, 0.1) is 0 Å². The molecule has 0 bridgehead atoms. The van der Waals surface area contributed by atoms with Gasteiger partial charge in [0, 0.05) is 77.3 Å². The molecule has 22 nitrogen and oxygen atoms in total. The average Bonchev–Trinajstić information content (AvgIpc) is 4.35. The molecule has 0 aliphatic carbocycles. The van der Waals surface area contributed by atoms with E-state index in [-0.39, 0.29) is 47.7 Å². The number of hydrogen-bond donors (Lipinski definition) is 3. The van der Waals surface area contributed by atoms with Gasteiger partial charge in [-0.3, -0.25) is 19.4 Å². The average molecular weight is 1220 g/mol. The lowest BCUT2D eigenvalue weighted by Gasteiger charge is -2.31. The Labute approximate surface area is 496 Å². The van der Waals surface area contributed by atoms with Crippen molar-refractivity contribution in [1.82, 2.24) is 29.7 Å². The molecule has 2 aromatic heterocycles. The summed E-state index contributed by atoms with van der Waals surface area (Å²) in [5, 5.41) is 15.7. The highest BCUT2D eigenvalue weighted by Gasteiger charge is 2.46. The standard InChI is InChI=1S/C31H43F3N6O5.C27H35F3N6O5/c1-8-38(9-2)28-35-19-24(40(20(3)4)27(42)31(32,33)34)25(37-28)36-23(26(41)45-30(5,6)7)18-21-12-14-22(15-13-21)44-29(43)39-16-10-11-17-39;1-5-34(6-2)25-31-16-21(36(17(3)4)24(39)27(28,29)30)22(33-25)32-20(23(37)38)15-18-9-11-19(12-10-18)41-26(40)35-13-7-8-14-35/h12-15,19-20,23H,8-11,16-18H2,1-7H3,(H,35,36,37);9-12,16-17,20H,5-8,13-15H2,1-4H3,(H,37,38)(H,31,32,33)/t23-;20-/m00/s1. The van der Waals surface area contributed by atoms with Crippen LogP contribution in [0.2, 0.25) is 0 Å². The molecule has 3 N–H and O–H groups in total. The van der Waals surface area contributed by atoms with Crippen LogP contribution in [0.3, 0.4) is 0 Å². The number of hydrogen-bond acceptors (Lipinski definition) is 17. The van der Waals surface area contributed by atoms with Gasteiger partial charge in [0.1, 0.15) is 40.6 Å². The van der Waals surface area contributed by atoms with Gasteiger partial charge in [0.05, 0.1) is 12.4 Å². The second-order valence-electron chi connectivity index (χ2n) is 21.8. The SMILES string of the molecule is CCN(CC)c1ncc(N(C(=O)C(F)(F)F)C(C)C)c(N[C@@H](Cc2ccc(OC(=O)N3CCCC3)cc2)C(=O)O)n1.CCN(CC)c1ncc(N(C(=O)C(F)(F)F)C(C)C)c(N[C@@H](Cc2ccc(OC(=O)N3CCCC3)cc2)C(=O)OC(C)(C)C)n1. The summed E-state index contributed by atoms with van der Waals surface area (Å²) in [5.74, 6) is -5.54. The molecule has 4 heterocycles. The maximum Gasteiger partial charge on any atom is 0.471 e. The van der Waals surface area contributed by atoms with Crippen LogP contribution in [0.5, 0.6) is 11.5 Å². The first-order valence-corrected chi connectivity index (χ1v) is 28.5. The molecule has 4 aromatic rings. The van der Waals surface area contributed by atoms with E-state index in [9.17, 15) is 60.2 Å². The first-order chi connectivity index (χ1) is 40.4. The normalized spacial score (nSPS) is 14.2. The van der Waals surface area contributed by atoms with Crippen molar-refractivity contribution in [1.29, 1.82) is 0 Å². The number of carbonyl (C=O) groups is 6. The van der Waals surface area contributed by atoms with E-state index in [0.717, 1.165) is 38.1 Å². The van der Waals surface area contributed by atoms with E-state index < -0.39 is 78.1 Å². The first kappa shape index (κ1) is 68.6. The summed E-state index contributed by atoms with van der Waals surface area (Å²) in [7, 11) is 0. The number of ether oxygens (including phenoxy) is 3. The number of aliphatic carboxylic acids is 1. The Morgan fingerprint density at radius 1 is 0.570 bits per heavy atom. The summed E-state index contributed by atoms with van der Waals surface area (Å²) in [5.41, 5.74) is -0.208. The van der Waals surface area contributed by atoms with Crippen molar-refractivity contribution in [2.45, 2.75) is 157 Å². The highest BCUT2D eigenvalue weighted by molar-refractivity contribution is 6.01. The van der Waals surface area contributed by atoms with Gasteiger partial charge in [0.2, 0.25) is 11.9 Å². The molecule has 86 heavy (non-hydrogen) atoms. The molecular weight excluding hydrogens is 1140 g/mol. The summed E-state index contributed by atoms with van der Waals surface area (Å²) in [6.07, 6.45) is -5.34. The smallest absolute Gasteiger partial charge is 0.471 e. The van der Waals surface area contributed by atoms with Gasteiger partial charge in [-0.05, 0) is 137 Å². The third kappa shape index (κ3) is 19.2. The van der Waals surface area contributed by atoms with Gasteiger partial charge in [-0.1, -0.05) is 24.3 Å². The van der Waals surface area contributed by atoms with Crippen molar-refractivity contribution in [3.8, 4) is 11.5 Å². The number of likely N-dealkylation sites (tertiary alicyclic amines) is 2. The zero-order chi connectivity index (χ0) is 63.8. The van der Waals surface area contributed by atoms with Gasteiger partial charge in [-0.25, -0.2) is 29.1 Å². The Morgan fingerprint density at radius 3 is 1.21 bits per heavy atom. The number of anilines is 6. The lowest BCUT2D eigenvalue weighted by Crippen LogP contribution is -2.46. The van der Waals surface area contributed by atoms with E-state index in [4.69, 9.17) is 14.2 Å². The maximum absolute atomic E-state index is 13.7. The van der Waals surface area contributed by atoms with Crippen LogP contribution in [0.25, 0.3) is 0 Å². The van der Waals surface area contributed by atoms with Gasteiger partial charge in [-0.2, -0.15) is 36.3 Å². The maximum atomic E-state index is 13.7. The number of amides is 4. The summed E-state index contributed by atoms with van der Waals surface area (Å²) in [4.78, 5) is 100. The molecular formula is C58H78F6N12O10. The van der Waals surface area contributed by atoms with Gasteiger partial charge in [-0.15, -0.1) is 0 Å². The molecule has 472 valence electrons. The molecule has 28 heteroatoms. The van der Waals surface area contributed by atoms with E-state index >= 15 is 0 Å². The summed E-state index contributed by atoms with van der Waals surface area (Å²) in [6.45, 7) is 22.7. The number of benzene rings is 2. The van der Waals surface area contributed by atoms with Crippen LogP contribution in [0.4, 0.5) is 70.8 Å². The van der Waals surface area contributed by atoms with Crippen molar-refractivity contribution >= 4 is 70.8 Å². The second kappa shape index (κ2) is 30.2. The van der Waals surface area contributed by atoms with E-state index in [2.05, 4.69) is 30.6 Å². The molecule has 0 radical (unpaired) electrons. The Kier molecular flexibility index (Phi) is 24.1. The van der Waals surface area contributed by atoms with Gasteiger partial charge < -0.3 is 49.6 Å². The molecule has 2 saturated heterocycles. The molecule has 0 unspecified atom stereocenters. The van der Waals surface area contributed by atoms with Crippen molar-refractivity contribution in [2.75, 3.05) is 82.6 Å². The van der Waals surface area contributed by atoms with Gasteiger partial charge in [0.25, 0.3) is 0 Å². The fraction of sp³-hybridized carbons (Fsp3) is 0.552. The van der Waals surface area contributed by atoms with Crippen molar-refractivity contribution in [3.63, 3.8) is 0 Å². The lowest BCUT2D eigenvalue weighted by molar-refractivity contribution is -0.170. The van der Waals surface area contributed by atoms with E-state index in [1.807, 2.05) is 27.7 Å². The zero-order valence-corrected chi connectivity index (χ0v) is 50.3. The minimum absolute atomic E-state index is 0.0359. The number of nitrogens with zero attached hydrogens (tertiary/aromatic N) is 10. The van der Waals surface area contributed by atoms with E-state index in [0.29, 0.717) is 84.8 Å². The summed E-state index contributed by atoms with van der Waals surface area (Å²) in [6, 6.07) is 8.53. The Morgan fingerprint density at radius 2 is 0.907 bits per heavy atom. The van der Waals surface area contributed by atoms with Crippen LogP contribution >= 0.6 is 0 Å². The molecule has 2 aliphatic heterocycles. The van der Waals surface area contributed by atoms with Crippen LogP contribution in [-0.2, 0) is 36.8 Å². The Bertz CT molecular complexity index is 2930. The summed E-state index contributed by atoms with van der Waals surface area (Å²) < 4.78 is 98.0. The molecule has 4 amide bonds. The predicted octanol–water partition coefficient (Wildman–Crippen LogP) is 9.91. The van der Waals surface area contributed by atoms with Gasteiger partial charge >= 0.3 is 48.3 Å².